The van der Waals surface area contributed by atoms with Gasteiger partial charge in [0.2, 0.25) is 0 Å². The molecule has 1 heterocycles. The van der Waals surface area contributed by atoms with Crippen LogP contribution in [0.4, 0.5) is 0 Å². The van der Waals surface area contributed by atoms with Gasteiger partial charge in [-0.15, -0.1) is 0 Å². The first-order valence-corrected chi connectivity index (χ1v) is 8.29. The average molecular weight is 309 g/mol. The van der Waals surface area contributed by atoms with Crippen LogP contribution in [0, 0.1) is 6.92 Å². The van der Waals surface area contributed by atoms with Crippen LogP contribution in [-0.4, -0.2) is 36.5 Å². The molecule has 1 unspecified atom stereocenters. The maximum atomic E-state index is 12.8. The SMILES string of the molecule is CCCCN(CC1CCCN1)C(=O)c1cccc(C)c1Cl. The zero-order valence-electron chi connectivity index (χ0n) is 13.0. The molecular weight excluding hydrogens is 284 g/mol. The van der Waals surface area contributed by atoms with E-state index in [1.165, 1.54) is 6.42 Å². The Labute approximate surface area is 132 Å². The van der Waals surface area contributed by atoms with Crippen LogP contribution >= 0.6 is 11.6 Å². The molecule has 2 rings (SSSR count). The molecule has 0 radical (unpaired) electrons. The largest absolute Gasteiger partial charge is 0.337 e. The summed E-state index contributed by atoms with van der Waals surface area (Å²) in [5.74, 6) is 0.0610. The number of hydrogen-bond donors (Lipinski definition) is 1. The van der Waals surface area contributed by atoms with Crippen LogP contribution in [0.15, 0.2) is 18.2 Å². The van der Waals surface area contributed by atoms with Crippen molar-refractivity contribution >= 4 is 17.5 Å². The first-order chi connectivity index (χ1) is 10.1. The lowest BCUT2D eigenvalue weighted by Crippen LogP contribution is -2.41. The number of aryl methyl sites for hydroxylation is 1. The molecule has 0 bridgehead atoms. The van der Waals surface area contributed by atoms with E-state index in [1.807, 2.05) is 30.0 Å². The maximum absolute atomic E-state index is 12.8. The van der Waals surface area contributed by atoms with Crippen LogP contribution in [0.3, 0.4) is 0 Å². The molecule has 0 spiro atoms. The van der Waals surface area contributed by atoms with Gasteiger partial charge in [0.05, 0.1) is 10.6 Å². The number of carbonyl (C=O) groups is 1. The van der Waals surface area contributed by atoms with Crippen LogP contribution in [0.25, 0.3) is 0 Å². The van der Waals surface area contributed by atoms with Crippen LogP contribution in [0.1, 0.15) is 48.5 Å². The number of hydrogen-bond acceptors (Lipinski definition) is 2. The van der Waals surface area contributed by atoms with E-state index in [1.54, 1.807) is 0 Å². The number of carbonyl (C=O) groups excluding carboxylic acids is 1. The second kappa shape index (κ2) is 7.81. The Hall–Kier alpha value is -1.06. The Morgan fingerprint density at radius 3 is 2.95 bits per heavy atom. The molecule has 0 aromatic heterocycles. The highest BCUT2D eigenvalue weighted by Gasteiger charge is 2.23. The monoisotopic (exact) mass is 308 g/mol. The Morgan fingerprint density at radius 1 is 1.48 bits per heavy atom. The van der Waals surface area contributed by atoms with Crippen molar-refractivity contribution in [1.29, 1.82) is 0 Å². The molecule has 1 saturated heterocycles. The first-order valence-electron chi connectivity index (χ1n) is 7.91. The summed E-state index contributed by atoms with van der Waals surface area (Å²) >= 11 is 6.32. The van der Waals surface area contributed by atoms with Gasteiger partial charge in [-0.3, -0.25) is 4.79 Å². The summed E-state index contributed by atoms with van der Waals surface area (Å²) in [6.45, 7) is 6.73. The Balaban J connectivity index is 2.13. The minimum Gasteiger partial charge on any atom is -0.337 e. The van der Waals surface area contributed by atoms with Crippen LogP contribution in [0.5, 0.6) is 0 Å². The highest BCUT2D eigenvalue weighted by Crippen LogP contribution is 2.22. The Morgan fingerprint density at radius 2 is 2.29 bits per heavy atom. The van der Waals surface area contributed by atoms with E-state index in [9.17, 15) is 4.79 Å². The van der Waals surface area contributed by atoms with Crippen LogP contribution < -0.4 is 5.32 Å². The fourth-order valence-electron chi connectivity index (χ4n) is 2.79. The highest BCUT2D eigenvalue weighted by molar-refractivity contribution is 6.34. The summed E-state index contributed by atoms with van der Waals surface area (Å²) in [6.07, 6.45) is 4.47. The number of amides is 1. The van der Waals surface area contributed by atoms with Crippen molar-refractivity contribution in [3.63, 3.8) is 0 Å². The molecule has 1 aromatic rings. The lowest BCUT2D eigenvalue weighted by atomic mass is 10.1. The van der Waals surface area contributed by atoms with Gasteiger partial charge >= 0.3 is 0 Å². The molecule has 1 aliphatic heterocycles. The molecule has 4 heteroatoms. The highest BCUT2D eigenvalue weighted by atomic mass is 35.5. The van der Waals surface area contributed by atoms with Crippen molar-refractivity contribution in [2.45, 2.75) is 45.6 Å². The molecule has 1 N–H and O–H groups in total. The van der Waals surface area contributed by atoms with Crippen molar-refractivity contribution in [3.05, 3.63) is 34.3 Å². The van der Waals surface area contributed by atoms with Crippen molar-refractivity contribution in [1.82, 2.24) is 10.2 Å². The van der Waals surface area contributed by atoms with Crippen molar-refractivity contribution in [3.8, 4) is 0 Å². The average Bonchev–Trinajstić information content (AvgIpc) is 2.98. The zero-order chi connectivity index (χ0) is 15.2. The smallest absolute Gasteiger partial charge is 0.255 e. The van der Waals surface area contributed by atoms with Gasteiger partial charge in [0.1, 0.15) is 0 Å². The van der Waals surface area contributed by atoms with Gasteiger partial charge in [0, 0.05) is 19.1 Å². The molecule has 1 fully saturated rings. The fraction of sp³-hybridized carbons (Fsp3) is 0.588. The van der Waals surface area contributed by atoms with E-state index in [0.29, 0.717) is 16.6 Å². The molecule has 0 aliphatic carbocycles. The van der Waals surface area contributed by atoms with E-state index in [2.05, 4.69) is 12.2 Å². The summed E-state index contributed by atoms with van der Waals surface area (Å²) in [7, 11) is 0. The van der Waals surface area contributed by atoms with Crippen LogP contribution in [-0.2, 0) is 0 Å². The lowest BCUT2D eigenvalue weighted by molar-refractivity contribution is 0.0739. The summed E-state index contributed by atoms with van der Waals surface area (Å²) < 4.78 is 0. The van der Waals surface area contributed by atoms with Gasteiger partial charge in [-0.2, -0.15) is 0 Å². The van der Waals surface area contributed by atoms with Gasteiger partial charge in [0.25, 0.3) is 5.91 Å². The molecule has 1 aliphatic rings. The molecule has 1 atom stereocenters. The molecule has 3 nitrogen and oxygen atoms in total. The predicted molar refractivity (Wildman–Crippen MR) is 88.0 cm³/mol. The quantitative estimate of drug-likeness (QED) is 0.870. The van der Waals surface area contributed by atoms with Gasteiger partial charge in [-0.1, -0.05) is 37.1 Å². The topological polar surface area (TPSA) is 32.3 Å². The van der Waals surface area contributed by atoms with Gasteiger partial charge in [0.15, 0.2) is 0 Å². The fourth-order valence-corrected chi connectivity index (χ4v) is 2.99. The number of nitrogens with one attached hydrogen (secondary N) is 1. The second-order valence-corrected chi connectivity index (χ2v) is 6.21. The van der Waals surface area contributed by atoms with E-state index < -0.39 is 0 Å². The summed E-state index contributed by atoms with van der Waals surface area (Å²) in [6, 6.07) is 6.10. The third-order valence-electron chi connectivity index (χ3n) is 4.09. The molecule has 1 aromatic carbocycles. The Kier molecular flexibility index (Phi) is 6.07. The van der Waals surface area contributed by atoms with E-state index >= 15 is 0 Å². The van der Waals surface area contributed by atoms with E-state index in [4.69, 9.17) is 11.6 Å². The van der Waals surface area contributed by atoms with Crippen molar-refractivity contribution < 1.29 is 4.79 Å². The van der Waals surface area contributed by atoms with Crippen molar-refractivity contribution in [2.75, 3.05) is 19.6 Å². The third kappa shape index (κ3) is 4.21. The first kappa shape index (κ1) is 16.3. The van der Waals surface area contributed by atoms with Gasteiger partial charge < -0.3 is 10.2 Å². The van der Waals surface area contributed by atoms with Gasteiger partial charge in [-0.05, 0) is 44.4 Å². The summed E-state index contributed by atoms with van der Waals surface area (Å²) in [4.78, 5) is 14.8. The number of unbranched alkanes of at least 4 members (excludes halogenated alkanes) is 1. The molecular formula is C17H25ClN2O. The second-order valence-electron chi connectivity index (χ2n) is 5.83. The normalized spacial score (nSPS) is 18.0. The number of nitrogens with zero attached hydrogens (tertiary/aromatic N) is 1. The predicted octanol–water partition coefficient (Wildman–Crippen LogP) is 3.64. The van der Waals surface area contributed by atoms with Crippen molar-refractivity contribution in [2.24, 2.45) is 0 Å². The minimum absolute atomic E-state index is 0.0610. The number of benzene rings is 1. The molecule has 1 amide bonds. The number of rotatable bonds is 6. The van der Waals surface area contributed by atoms with E-state index in [0.717, 1.165) is 44.5 Å². The third-order valence-corrected chi connectivity index (χ3v) is 4.60. The Bertz CT molecular complexity index is 484. The summed E-state index contributed by atoms with van der Waals surface area (Å²) in [5.41, 5.74) is 1.59. The molecule has 0 saturated carbocycles. The zero-order valence-corrected chi connectivity index (χ0v) is 13.7. The van der Waals surface area contributed by atoms with E-state index in [-0.39, 0.29) is 5.91 Å². The minimum atomic E-state index is 0.0610. The number of halogens is 1. The summed E-state index contributed by atoms with van der Waals surface area (Å²) in [5, 5.41) is 4.06. The standard InChI is InChI=1S/C17H25ClN2O/c1-3-4-11-20(12-14-8-6-10-19-14)17(21)15-9-5-7-13(2)16(15)18/h5,7,9,14,19H,3-4,6,8,10-12H2,1-2H3. The maximum Gasteiger partial charge on any atom is 0.255 e. The van der Waals surface area contributed by atoms with Crippen LogP contribution in [0.2, 0.25) is 5.02 Å². The lowest BCUT2D eigenvalue weighted by Gasteiger charge is -2.26. The van der Waals surface area contributed by atoms with Gasteiger partial charge in [-0.25, -0.2) is 0 Å². The molecule has 116 valence electrons. The molecule has 21 heavy (non-hydrogen) atoms.